The van der Waals surface area contributed by atoms with Gasteiger partial charge in [0.05, 0.1) is 26.6 Å². The molecular formula is C16H19F2NO5. The summed E-state index contributed by atoms with van der Waals surface area (Å²) in [7, 11) is 2.35. The highest BCUT2D eigenvalue weighted by molar-refractivity contribution is 5.86. The number of ether oxygens (including phenoxy) is 2. The molecule has 0 aliphatic carbocycles. The Morgan fingerprint density at radius 2 is 1.75 bits per heavy atom. The van der Waals surface area contributed by atoms with Crippen molar-refractivity contribution in [3.8, 4) is 0 Å². The Morgan fingerprint density at radius 1 is 1.12 bits per heavy atom. The molecule has 6 nitrogen and oxygen atoms in total. The molecule has 0 fully saturated rings. The summed E-state index contributed by atoms with van der Waals surface area (Å²) in [5.74, 6) is -4.20. The fraction of sp³-hybridized carbons (Fsp3) is 0.438. The highest BCUT2D eigenvalue weighted by atomic mass is 19.1. The predicted octanol–water partition coefficient (Wildman–Crippen LogP) is 1.36. The molecule has 8 heteroatoms. The first-order chi connectivity index (χ1) is 11.3. The van der Waals surface area contributed by atoms with Crippen LogP contribution in [0.3, 0.4) is 0 Å². The van der Waals surface area contributed by atoms with Crippen molar-refractivity contribution in [1.82, 2.24) is 5.32 Å². The number of methoxy groups -OCH3 is 2. The average molecular weight is 343 g/mol. The Balaban J connectivity index is 2.76. The summed E-state index contributed by atoms with van der Waals surface area (Å²) in [6.07, 6.45) is -0.413. The van der Waals surface area contributed by atoms with Crippen LogP contribution in [0.15, 0.2) is 18.2 Å². The summed E-state index contributed by atoms with van der Waals surface area (Å²) in [5, 5.41) is 2.39. The van der Waals surface area contributed by atoms with E-state index in [1.54, 1.807) is 0 Å². The summed E-state index contributed by atoms with van der Waals surface area (Å²) in [6, 6.07) is 1.76. The van der Waals surface area contributed by atoms with Gasteiger partial charge >= 0.3 is 11.9 Å². The Morgan fingerprint density at radius 3 is 2.29 bits per heavy atom. The molecule has 0 radical (unpaired) electrons. The molecule has 0 saturated carbocycles. The zero-order valence-electron chi connectivity index (χ0n) is 13.6. The lowest BCUT2D eigenvalue weighted by Crippen LogP contribution is -2.44. The van der Waals surface area contributed by atoms with E-state index in [9.17, 15) is 23.2 Å². The van der Waals surface area contributed by atoms with Gasteiger partial charge in [-0.15, -0.1) is 0 Å². The molecule has 0 heterocycles. The minimum Gasteiger partial charge on any atom is -0.469 e. The van der Waals surface area contributed by atoms with Gasteiger partial charge in [-0.2, -0.15) is 0 Å². The molecular weight excluding hydrogens is 324 g/mol. The van der Waals surface area contributed by atoms with Gasteiger partial charge in [-0.3, -0.25) is 9.59 Å². The van der Waals surface area contributed by atoms with Crippen molar-refractivity contribution in [2.24, 2.45) is 5.92 Å². The molecule has 1 rings (SSSR count). The molecule has 1 N–H and O–H groups in total. The monoisotopic (exact) mass is 343 g/mol. The number of halogens is 2. The highest BCUT2D eigenvalue weighted by Gasteiger charge is 2.27. The quantitative estimate of drug-likeness (QED) is 0.756. The molecule has 1 amide bonds. The van der Waals surface area contributed by atoms with Gasteiger partial charge in [0.1, 0.15) is 17.7 Å². The van der Waals surface area contributed by atoms with E-state index in [4.69, 9.17) is 0 Å². The molecule has 0 aromatic heterocycles. The maximum Gasteiger partial charge on any atom is 0.328 e. The summed E-state index contributed by atoms with van der Waals surface area (Å²) < 4.78 is 35.6. The summed E-state index contributed by atoms with van der Waals surface area (Å²) in [6.45, 7) is 1.54. The van der Waals surface area contributed by atoms with Crippen LogP contribution in [-0.4, -0.2) is 38.1 Å². The largest absolute Gasteiger partial charge is 0.469 e. The zero-order valence-corrected chi connectivity index (χ0v) is 13.6. The van der Waals surface area contributed by atoms with Gasteiger partial charge in [-0.05, 0) is 18.1 Å². The van der Waals surface area contributed by atoms with Gasteiger partial charge in [-0.25, -0.2) is 13.6 Å². The Kier molecular flexibility index (Phi) is 7.29. The van der Waals surface area contributed by atoms with E-state index in [-0.39, 0.29) is 18.4 Å². The van der Waals surface area contributed by atoms with Crippen LogP contribution in [0.2, 0.25) is 0 Å². The molecule has 0 bridgehead atoms. The van der Waals surface area contributed by atoms with Crippen molar-refractivity contribution in [2.75, 3.05) is 14.2 Å². The van der Waals surface area contributed by atoms with Crippen LogP contribution in [-0.2, 0) is 30.3 Å². The number of hydrogen-bond donors (Lipinski definition) is 1. The molecule has 1 aromatic rings. The van der Waals surface area contributed by atoms with E-state index in [2.05, 4.69) is 14.8 Å². The first-order valence-corrected chi connectivity index (χ1v) is 7.17. The second-order valence-electron chi connectivity index (χ2n) is 5.22. The van der Waals surface area contributed by atoms with Crippen LogP contribution in [0.4, 0.5) is 8.78 Å². The summed E-state index contributed by atoms with van der Waals surface area (Å²) in [5.41, 5.74) is -0.0152. The number of rotatable bonds is 7. The van der Waals surface area contributed by atoms with E-state index >= 15 is 0 Å². The Labute approximate surface area is 138 Å². The maximum atomic E-state index is 13.6. The fourth-order valence-electron chi connectivity index (χ4n) is 2.09. The second-order valence-corrected chi connectivity index (χ2v) is 5.22. The van der Waals surface area contributed by atoms with Crippen molar-refractivity contribution >= 4 is 17.8 Å². The van der Waals surface area contributed by atoms with E-state index < -0.39 is 41.4 Å². The minimum atomic E-state index is -1.08. The normalized spacial score (nSPS) is 12.9. The number of benzene rings is 1. The third kappa shape index (κ3) is 5.60. The number of nitrogens with one attached hydrogen (secondary N) is 1. The number of carbonyl (C=O) groups is 3. The number of carbonyl (C=O) groups excluding carboxylic acids is 3. The molecule has 132 valence electrons. The van der Waals surface area contributed by atoms with Gasteiger partial charge < -0.3 is 14.8 Å². The average Bonchev–Trinajstić information content (AvgIpc) is 2.55. The smallest absolute Gasteiger partial charge is 0.328 e. The topological polar surface area (TPSA) is 81.7 Å². The van der Waals surface area contributed by atoms with Gasteiger partial charge in [0.2, 0.25) is 5.91 Å². The van der Waals surface area contributed by atoms with Crippen molar-refractivity contribution in [3.05, 3.63) is 35.4 Å². The van der Waals surface area contributed by atoms with Gasteiger partial charge in [0.15, 0.2) is 0 Å². The highest BCUT2D eigenvalue weighted by Crippen LogP contribution is 2.12. The lowest BCUT2D eigenvalue weighted by Gasteiger charge is -2.19. The van der Waals surface area contributed by atoms with Crippen molar-refractivity contribution in [1.29, 1.82) is 0 Å². The minimum absolute atomic E-state index is 0.0152. The van der Waals surface area contributed by atoms with Crippen LogP contribution >= 0.6 is 0 Å². The van der Waals surface area contributed by atoms with E-state index in [0.717, 1.165) is 19.2 Å². The molecule has 2 atom stereocenters. The first-order valence-electron chi connectivity index (χ1n) is 7.17. The van der Waals surface area contributed by atoms with Crippen LogP contribution in [0.25, 0.3) is 0 Å². The Hall–Kier alpha value is -2.51. The van der Waals surface area contributed by atoms with Gasteiger partial charge in [0.25, 0.3) is 0 Å². The zero-order chi connectivity index (χ0) is 18.3. The Bertz CT molecular complexity index is 620. The molecule has 1 aromatic carbocycles. The SMILES string of the molecule is COC(=O)[C@H](C)C[C@@H](NC(=O)Cc1ccc(F)cc1F)C(=O)OC. The van der Waals surface area contributed by atoms with Gasteiger partial charge in [0, 0.05) is 6.07 Å². The maximum absolute atomic E-state index is 13.6. The van der Waals surface area contributed by atoms with Crippen LogP contribution < -0.4 is 5.32 Å². The van der Waals surface area contributed by atoms with Crippen LogP contribution in [0.5, 0.6) is 0 Å². The lowest BCUT2D eigenvalue weighted by molar-refractivity contribution is -0.148. The number of esters is 2. The first kappa shape index (κ1) is 19.5. The van der Waals surface area contributed by atoms with Crippen molar-refractivity contribution < 1.29 is 32.6 Å². The molecule has 0 aliphatic heterocycles. The molecule has 24 heavy (non-hydrogen) atoms. The standard InChI is InChI=1S/C16H19F2NO5/c1-9(15(21)23-2)6-13(16(22)24-3)19-14(20)7-10-4-5-11(17)8-12(10)18/h4-5,8-9,13H,6-7H2,1-3H3,(H,19,20)/t9-,13-/m1/s1. The molecule has 0 saturated heterocycles. The van der Waals surface area contributed by atoms with Crippen molar-refractivity contribution in [2.45, 2.75) is 25.8 Å². The van der Waals surface area contributed by atoms with Crippen LogP contribution in [0, 0.1) is 17.6 Å². The summed E-state index contributed by atoms with van der Waals surface area (Å²) >= 11 is 0. The van der Waals surface area contributed by atoms with E-state index in [1.165, 1.54) is 14.0 Å². The molecule has 0 aliphatic rings. The molecule has 0 spiro atoms. The third-order valence-electron chi connectivity index (χ3n) is 3.38. The number of amides is 1. The third-order valence-corrected chi connectivity index (χ3v) is 3.38. The second kappa shape index (κ2) is 8.95. The van der Waals surface area contributed by atoms with Crippen molar-refractivity contribution in [3.63, 3.8) is 0 Å². The van der Waals surface area contributed by atoms with E-state index in [0.29, 0.717) is 6.07 Å². The predicted molar refractivity (Wildman–Crippen MR) is 79.8 cm³/mol. The van der Waals surface area contributed by atoms with Gasteiger partial charge in [-0.1, -0.05) is 13.0 Å². The number of hydrogen-bond acceptors (Lipinski definition) is 5. The summed E-state index contributed by atoms with van der Waals surface area (Å²) in [4.78, 5) is 35.2. The molecule has 0 unspecified atom stereocenters. The van der Waals surface area contributed by atoms with E-state index in [1.807, 2.05) is 0 Å². The fourth-order valence-corrected chi connectivity index (χ4v) is 2.09. The lowest BCUT2D eigenvalue weighted by atomic mass is 10.0. The van der Waals surface area contributed by atoms with Crippen LogP contribution in [0.1, 0.15) is 18.9 Å².